The summed E-state index contributed by atoms with van der Waals surface area (Å²) in [6.07, 6.45) is 10.7. The molecule has 14 heavy (non-hydrogen) atoms. The summed E-state index contributed by atoms with van der Waals surface area (Å²) in [6.45, 7) is 0. The molecule has 0 radical (unpaired) electrons. The maximum atomic E-state index is 5.97. The zero-order valence-corrected chi connectivity index (χ0v) is 8.32. The van der Waals surface area contributed by atoms with Gasteiger partial charge in [-0.2, -0.15) is 0 Å². The van der Waals surface area contributed by atoms with Gasteiger partial charge >= 0.3 is 0 Å². The van der Waals surface area contributed by atoms with Crippen LogP contribution >= 0.6 is 0 Å². The van der Waals surface area contributed by atoms with Crippen LogP contribution < -0.4 is 5.73 Å². The molecule has 2 nitrogen and oxygen atoms in total. The van der Waals surface area contributed by atoms with E-state index in [0.29, 0.717) is 0 Å². The predicted octanol–water partition coefficient (Wildman–Crippen LogP) is 2.37. The molecule has 1 atom stereocenters. The van der Waals surface area contributed by atoms with Crippen molar-refractivity contribution in [2.45, 2.75) is 31.7 Å². The Morgan fingerprint density at radius 3 is 3.07 bits per heavy atom. The van der Waals surface area contributed by atoms with Crippen molar-refractivity contribution < 1.29 is 0 Å². The molecule has 0 saturated heterocycles. The van der Waals surface area contributed by atoms with Crippen LogP contribution in [0.15, 0.2) is 30.6 Å². The van der Waals surface area contributed by atoms with Crippen molar-refractivity contribution in [1.82, 2.24) is 4.98 Å². The van der Waals surface area contributed by atoms with Crippen LogP contribution in [0, 0.1) is 0 Å². The van der Waals surface area contributed by atoms with Crippen LogP contribution in [0.2, 0.25) is 0 Å². The Bertz CT molecular complexity index is 316. The Morgan fingerprint density at radius 1 is 1.36 bits per heavy atom. The van der Waals surface area contributed by atoms with E-state index in [4.69, 9.17) is 5.73 Å². The molecule has 0 amide bonds. The first-order chi connectivity index (χ1) is 6.86. The van der Waals surface area contributed by atoms with Gasteiger partial charge in [0.15, 0.2) is 0 Å². The molecule has 1 aliphatic rings. The van der Waals surface area contributed by atoms with Crippen molar-refractivity contribution in [2.24, 2.45) is 5.73 Å². The molecule has 0 spiro atoms. The van der Waals surface area contributed by atoms with Crippen LogP contribution in [0.3, 0.4) is 0 Å². The van der Waals surface area contributed by atoms with Crippen LogP contribution in [-0.2, 0) is 0 Å². The molecule has 0 fully saturated rings. The van der Waals surface area contributed by atoms with Gasteiger partial charge in [0.2, 0.25) is 0 Å². The second-order valence-corrected chi connectivity index (χ2v) is 3.84. The van der Waals surface area contributed by atoms with E-state index in [1.807, 2.05) is 12.3 Å². The second kappa shape index (κ2) is 4.38. The lowest BCUT2D eigenvalue weighted by Gasteiger charge is -2.05. The van der Waals surface area contributed by atoms with Gasteiger partial charge in [-0.1, -0.05) is 18.6 Å². The Labute approximate surface area is 84.9 Å². The number of hydrogen-bond acceptors (Lipinski definition) is 2. The van der Waals surface area contributed by atoms with Gasteiger partial charge in [-0.3, -0.25) is 4.98 Å². The number of pyridine rings is 1. The topological polar surface area (TPSA) is 38.9 Å². The number of rotatable bonds is 1. The summed E-state index contributed by atoms with van der Waals surface area (Å²) in [5.74, 6) is 0. The number of aromatic nitrogens is 1. The smallest absolute Gasteiger partial charge is 0.0342 e. The van der Waals surface area contributed by atoms with E-state index in [9.17, 15) is 0 Å². The molecule has 2 N–H and O–H groups in total. The second-order valence-electron chi connectivity index (χ2n) is 3.84. The lowest BCUT2D eigenvalue weighted by atomic mass is 10.0. The van der Waals surface area contributed by atoms with Gasteiger partial charge in [-0.05, 0) is 36.5 Å². The molecule has 1 aliphatic carbocycles. The summed E-state index contributed by atoms with van der Waals surface area (Å²) in [4.78, 5) is 4.13. The molecular weight excluding hydrogens is 172 g/mol. The van der Waals surface area contributed by atoms with Gasteiger partial charge in [-0.15, -0.1) is 0 Å². The van der Waals surface area contributed by atoms with Gasteiger partial charge in [-0.25, -0.2) is 0 Å². The fraction of sp³-hybridized carbons (Fsp3) is 0.417. The van der Waals surface area contributed by atoms with E-state index >= 15 is 0 Å². The highest BCUT2D eigenvalue weighted by Crippen LogP contribution is 2.24. The van der Waals surface area contributed by atoms with Crippen molar-refractivity contribution in [3.63, 3.8) is 0 Å². The number of nitrogens with two attached hydrogens (primary N) is 1. The van der Waals surface area contributed by atoms with Crippen LogP contribution in [0.5, 0.6) is 0 Å². The molecule has 2 rings (SSSR count). The van der Waals surface area contributed by atoms with Crippen LogP contribution in [-0.4, -0.2) is 11.0 Å². The van der Waals surface area contributed by atoms with E-state index < -0.39 is 0 Å². The van der Waals surface area contributed by atoms with Crippen LogP contribution in [0.4, 0.5) is 0 Å². The standard InChI is InChI=1S/C12H16N2/c13-12-6-2-1-4-10(8-12)11-5-3-7-14-9-11/h3,5,7-9,12H,1-2,4,6,13H2. The summed E-state index contributed by atoms with van der Waals surface area (Å²) in [5.41, 5.74) is 8.56. The molecule has 2 heteroatoms. The van der Waals surface area contributed by atoms with Gasteiger partial charge in [0.05, 0.1) is 0 Å². The normalized spacial score (nSPS) is 22.6. The van der Waals surface area contributed by atoms with E-state index in [2.05, 4.69) is 17.1 Å². The summed E-state index contributed by atoms with van der Waals surface area (Å²) >= 11 is 0. The Hall–Kier alpha value is -1.15. The molecule has 0 saturated carbocycles. The van der Waals surface area contributed by atoms with Gasteiger partial charge in [0, 0.05) is 18.4 Å². The molecule has 1 aromatic rings. The molecule has 0 aliphatic heterocycles. The molecule has 1 unspecified atom stereocenters. The zero-order chi connectivity index (χ0) is 9.80. The van der Waals surface area contributed by atoms with E-state index in [-0.39, 0.29) is 6.04 Å². The first-order valence-corrected chi connectivity index (χ1v) is 5.23. The molecule has 0 aromatic carbocycles. The average Bonchev–Trinajstić information content (AvgIpc) is 2.44. The third-order valence-electron chi connectivity index (χ3n) is 2.68. The van der Waals surface area contributed by atoms with Gasteiger partial charge < -0.3 is 5.73 Å². The van der Waals surface area contributed by atoms with Crippen molar-refractivity contribution in [3.05, 3.63) is 36.2 Å². The Balaban J connectivity index is 2.24. The minimum atomic E-state index is 0.229. The largest absolute Gasteiger partial charge is 0.324 e. The van der Waals surface area contributed by atoms with Crippen molar-refractivity contribution in [2.75, 3.05) is 0 Å². The SMILES string of the molecule is NC1C=C(c2cccnc2)CCCC1. The minimum Gasteiger partial charge on any atom is -0.324 e. The molecule has 1 aromatic heterocycles. The highest BCUT2D eigenvalue weighted by molar-refractivity contribution is 5.65. The third kappa shape index (κ3) is 2.20. The predicted molar refractivity (Wildman–Crippen MR) is 58.7 cm³/mol. The van der Waals surface area contributed by atoms with Crippen LogP contribution in [0.25, 0.3) is 5.57 Å². The third-order valence-corrected chi connectivity index (χ3v) is 2.68. The number of allylic oxidation sites excluding steroid dienone is 1. The monoisotopic (exact) mass is 188 g/mol. The van der Waals surface area contributed by atoms with Gasteiger partial charge in [0.25, 0.3) is 0 Å². The highest BCUT2D eigenvalue weighted by Gasteiger charge is 2.09. The van der Waals surface area contributed by atoms with Crippen LogP contribution in [0.1, 0.15) is 31.2 Å². The fourth-order valence-corrected chi connectivity index (χ4v) is 1.91. The summed E-state index contributed by atoms with van der Waals surface area (Å²) in [7, 11) is 0. The summed E-state index contributed by atoms with van der Waals surface area (Å²) in [5, 5.41) is 0. The lowest BCUT2D eigenvalue weighted by Crippen LogP contribution is -2.15. The van der Waals surface area contributed by atoms with E-state index in [1.165, 1.54) is 24.0 Å². The first-order valence-electron chi connectivity index (χ1n) is 5.23. The highest BCUT2D eigenvalue weighted by atomic mass is 14.6. The number of nitrogens with zero attached hydrogens (tertiary/aromatic N) is 1. The fourth-order valence-electron chi connectivity index (χ4n) is 1.91. The van der Waals surface area contributed by atoms with Crippen molar-refractivity contribution >= 4 is 5.57 Å². The zero-order valence-electron chi connectivity index (χ0n) is 8.32. The van der Waals surface area contributed by atoms with Crippen molar-refractivity contribution in [1.29, 1.82) is 0 Å². The lowest BCUT2D eigenvalue weighted by molar-refractivity contribution is 0.658. The molecule has 74 valence electrons. The Kier molecular flexibility index (Phi) is 2.94. The minimum absolute atomic E-state index is 0.229. The maximum Gasteiger partial charge on any atom is 0.0342 e. The molecular formula is C12H16N2. The molecule has 0 bridgehead atoms. The summed E-state index contributed by atoms with van der Waals surface area (Å²) in [6, 6.07) is 4.32. The Morgan fingerprint density at radius 2 is 2.29 bits per heavy atom. The molecule has 1 heterocycles. The summed E-state index contributed by atoms with van der Waals surface area (Å²) < 4.78 is 0. The van der Waals surface area contributed by atoms with Crippen molar-refractivity contribution in [3.8, 4) is 0 Å². The van der Waals surface area contributed by atoms with E-state index in [0.717, 1.165) is 12.8 Å². The number of hydrogen-bond donors (Lipinski definition) is 1. The van der Waals surface area contributed by atoms with Gasteiger partial charge in [0.1, 0.15) is 0 Å². The average molecular weight is 188 g/mol. The quantitative estimate of drug-likeness (QED) is 0.734. The first kappa shape index (κ1) is 9.41. The van der Waals surface area contributed by atoms with E-state index in [1.54, 1.807) is 6.20 Å². The maximum absolute atomic E-state index is 5.97.